The summed E-state index contributed by atoms with van der Waals surface area (Å²) in [5.41, 5.74) is 0.0821. The van der Waals surface area contributed by atoms with Crippen LogP contribution in [0.25, 0.3) is 0 Å². The van der Waals surface area contributed by atoms with Gasteiger partial charge in [0.15, 0.2) is 11.6 Å². The Hall–Kier alpha value is -0.640. The van der Waals surface area contributed by atoms with Crippen molar-refractivity contribution in [1.29, 1.82) is 0 Å². The van der Waals surface area contributed by atoms with Crippen LogP contribution in [0.2, 0.25) is 0 Å². The third-order valence-corrected chi connectivity index (χ3v) is 4.59. The average Bonchev–Trinajstić information content (AvgIpc) is 2.81. The second-order valence-corrected chi connectivity index (χ2v) is 5.24. The standard InChI is InChI=1S/C13H15BrF2O/c14-8-13(6-1-2-7-13)9-17-11-5-3-4-10(15)12(11)16/h3-5H,1-2,6-9H2. The fourth-order valence-corrected chi connectivity index (χ4v) is 2.99. The molecule has 1 aromatic rings. The van der Waals surface area contributed by atoms with Crippen LogP contribution in [0.15, 0.2) is 18.2 Å². The molecule has 0 atom stereocenters. The van der Waals surface area contributed by atoms with E-state index in [1.807, 2.05) is 0 Å². The Balaban J connectivity index is 2.04. The van der Waals surface area contributed by atoms with E-state index in [1.54, 1.807) is 0 Å². The van der Waals surface area contributed by atoms with Crippen molar-refractivity contribution in [3.05, 3.63) is 29.8 Å². The average molecular weight is 305 g/mol. The highest BCUT2D eigenvalue weighted by Gasteiger charge is 2.33. The summed E-state index contributed by atoms with van der Waals surface area (Å²) >= 11 is 3.49. The maximum Gasteiger partial charge on any atom is 0.200 e. The van der Waals surface area contributed by atoms with Crippen LogP contribution in [0.1, 0.15) is 25.7 Å². The van der Waals surface area contributed by atoms with E-state index in [1.165, 1.54) is 25.0 Å². The Labute approximate surface area is 108 Å². The van der Waals surface area contributed by atoms with E-state index >= 15 is 0 Å². The number of alkyl halides is 1. The molecule has 0 amide bonds. The Kier molecular flexibility index (Phi) is 4.02. The van der Waals surface area contributed by atoms with E-state index in [2.05, 4.69) is 15.9 Å². The third kappa shape index (κ3) is 2.79. The Bertz CT molecular complexity index is 389. The topological polar surface area (TPSA) is 9.23 Å². The molecule has 0 heterocycles. The minimum atomic E-state index is -0.893. The van der Waals surface area contributed by atoms with Crippen molar-refractivity contribution in [2.75, 3.05) is 11.9 Å². The normalized spacial score (nSPS) is 18.3. The lowest BCUT2D eigenvalue weighted by Crippen LogP contribution is -2.27. The van der Waals surface area contributed by atoms with E-state index in [0.29, 0.717) is 6.61 Å². The SMILES string of the molecule is Fc1cccc(OCC2(CBr)CCCC2)c1F. The van der Waals surface area contributed by atoms with Gasteiger partial charge in [0.25, 0.3) is 0 Å². The molecule has 0 saturated heterocycles. The van der Waals surface area contributed by atoms with Crippen molar-refractivity contribution >= 4 is 15.9 Å². The molecule has 1 aliphatic carbocycles. The summed E-state index contributed by atoms with van der Waals surface area (Å²) in [5, 5.41) is 0.844. The third-order valence-electron chi connectivity index (χ3n) is 3.40. The van der Waals surface area contributed by atoms with Gasteiger partial charge in [-0.05, 0) is 25.0 Å². The van der Waals surface area contributed by atoms with E-state index in [9.17, 15) is 8.78 Å². The van der Waals surface area contributed by atoms with Gasteiger partial charge in [0.1, 0.15) is 0 Å². The van der Waals surface area contributed by atoms with Gasteiger partial charge in [-0.25, -0.2) is 4.39 Å². The van der Waals surface area contributed by atoms with Crippen molar-refractivity contribution in [1.82, 2.24) is 0 Å². The van der Waals surface area contributed by atoms with Crippen molar-refractivity contribution in [3.63, 3.8) is 0 Å². The minimum absolute atomic E-state index is 0.0113. The van der Waals surface area contributed by atoms with Gasteiger partial charge in [0, 0.05) is 10.7 Å². The Morgan fingerprint density at radius 2 is 1.94 bits per heavy atom. The van der Waals surface area contributed by atoms with Crippen LogP contribution in [0.3, 0.4) is 0 Å². The first-order valence-electron chi connectivity index (χ1n) is 5.80. The number of hydrogen-bond donors (Lipinski definition) is 0. The largest absolute Gasteiger partial charge is 0.490 e. The van der Waals surface area contributed by atoms with Gasteiger partial charge in [-0.15, -0.1) is 0 Å². The second kappa shape index (κ2) is 5.34. The molecular weight excluding hydrogens is 290 g/mol. The summed E-state index contributed by atoms with van der Waals surface area (Å²) in [4.78, 5) is 0. The lowest BCUT2D eigenvalue weighted by molar-refractivity contribution is 0.167. The van der Waals surface area contributed by atoms with Crippen molar-refractivity contribution in [3.8, 4) is 5.75 Å². The zero-order valence-electron chi connectivity index (χ0n) is 9.52. The highest BCUT2D eigenvalue weighted by atomic mass is 79.9. The summed E-state index contributed by atoms with van der Waals surface area (Å²) in [6.07, 6.45) is 4.52. The maximum atomic E-state index is 13.4. The van der Waals surface area contributed by atoms with Gasteiger partial charge in [0.05, 0.1) is 6.61 Å². The highest BCUT2D eigenvalue weighted by molar-refractivity contribution is 9.09. The summed E-state index contributed by atoms with van der Waals surface area (Å²) in [6.45, 7) is 0.443. The van der Waals surface area contributed by atoms with Gasteiger partial charge < -0.3 is 4.74 Å². The molecule has 0 N–H and O–H groups in total. The first-order valence-corrected chi connectivity index (χ1v) is 6.92. The Morgan fingerprint density at radius 3 is 2.59 bits per heavy atom. The first-order chi connectivity index (χ1) is 8.17. The molecule has 1 aromatic carbocycles. The summed E-state index contributed by atoms with van der Waals surface area (Å²) < 4.78 is 31.8. The van der Waals surface area contributed by atoms with E-state index in [0.717, 1.165) is 24.2 Å². The van der Waals surface area contributed by atoms with Crippen LogP contribution in [-0.4, -0.2) is 11.9 Å². The fraction of sp³-hybridized carbons (Fsp3) is 0.538. The molecule has 1 nitrogen and oxygen atoms in total. The number of benzene rings is 1. The molecule has 1 aliphatic rings. The number of rotatable bonds is 4. The van der Waals surface area contributed by atoms with E-state index < -0.39 is 11.6 Å². The first kappa shape index (κ1) is 12.8. The van der Waals surface area contributed by atoms with Gasteiger partial charge in [0.2, 0.25) is 5.82 Å². The van der Waals surface area contributed by atoms with E-state index in [-0.39, 0.29) is 11.2 Å². The molecule has 0 aromatic heterocycles. The predicted octanol–water partition coefficient (Wildman–Crippen LogP) is 4.30. The van der Waals surface area contributed by atoms with Crippen LogP contribution >= 0.6 is 15.9 Å². The molecule has 0 spiro atoms. The zero-order valence-corrected chi connectivity index (χ0v) is 11.1. The second-order valence-electron chi connectivity index (χ2n) is 4.68. The molecule has 0 aliphatic heterocycles. The molecule has 1 fully saturated rings. The van der Waals surface area contributed by atoms with Gasteiger partial charge in [-0.2, -0.15) is 4.39 Å². The van der Waals surface area contributed by atoms with Gasteiger partial charge in [-0.1, -0.05) is 34.8 Å². The Morgan fingerprint density at radius 1 is 1.24 bits per heavy atom. The number of ether oxygens (including phenoxy) is 1. The minimum Gasteiger partial charge on any atom is -0.490 e. The van der Waals surface area contributed by atoms with Crippen LogP contribution < -0.4 is 4.74 Å². The van der Waals surface area contributed by atoms with Gasteiger partial charge >= 0.3 is 0 Å². The van der Waals surface area contributed by atoms with Crippen molar-refractivity contribution in [2.24, 2.45) is 5.41 Å². The van der Waals surface area contributed by atoms with Crippen molar-refractivity contribution in [2.45, 2.75) is 25.7 Å². The lowest BCUT2D eigenvalue weighted by Gasteiger charge is -2.26. The number of halogens is 3. The predicted molar refractivity (Wildman–Crippen MR) is 66.5 cm³/mol. The van der Waals surface area contributed by atoms with E-state index in [4.69, 9.17) is 4.74 Å². The molecule has 2 rings (SSSR count). The quantitative estimate of drug-likeness (QED) is 0.754. The molecule has 94 valence electrons. The summed E-state index contributed by atoms with van der Waals surface area (Å²) in [5.74, 6) is -1.74. The van der Waals surface area contributed by atoms with Crippen LogP contribution in [0.4, 0.5) is 8.78 Å². The number of hydrogen-bond acceptors (Lipinski definition) is 1. The summed E-state index contributed by atoms with van der Waals surface area (Å²) in [6, 6.07) is 4.02. The smallest absolute Gasteiger partial charge is 0.200 e. The molecule has 0 unspecified atom stereocenters. The molecule has 17 heavy (non-hydrogen) atoms. The molecule has 1 saturated carbocycles. The zero-order chi connectivity index (χ0) is 12.3. The van der Waals surface area contributed by atoms with Gasteiger partial charge in [-0.3, -0.25) is 0 Å². The molecule has 0 bridgehead atoms. The highest BCUT2D eigenvalue weighted by Crippen LogP contribution is 2.40. The lowest BCUT2D eigenvalue weighted by atomic mass is 9.90. The molecular formula is C13H15BrF2O. The van der Waals surface area contributed by atoms with Crippen LogP contribution in [-0.2, 0) is 0 Å². The maximum absolute atomic E-state index is 13.4. The monoisotopic (exact) mass is 304 g/mol. The molecule has 0 radical (unpaired) electrons. The van der Waals surface area contributed by atoms with Crippen molar-refractivity contribution < 1.29 is 13.5 Å². The fourth-order valence-electron chi connectivity index (χ4n) is 2.27. The summed E-state index contributed by atoms with van der Waals surface area (Å²) in [7, 11) is 0. The molecule has 4 heteroatoms. The van der Waals surface area contributed by atoms with Crippen LogP contribution in [0, 0.1) is 17.0 Å². The van der Waals surface area contributed by atoms with Crippen LogP contribution in [0.5, 0.6) is 5.75 Å².